The number of hydrogen-bond acceptors (Lipinski definition) is 2. The van der Waals surface area contributed by atoms with E-state index in [1.54, 1.807) is 6.08 Å². The molecule has 1 saturated heterocycles. The third-order valence-corrected chi connectivity index (χ3v) is 1.37. The smallest absolute Gasteiger partial charge is 0.246 e. The highest BCUT2D eigenvalue weighted by Crippen LogP contribution is 1.98. The Labute approximate surface area is 60.1 Å². The summed E-state index contributed by atoms with van der Waals surface area (Å²) in [7, 11) is 0. The predicted octanol–water partition coefficient (Wildman–Crippen LogP) is 0.0775. The Bertz CT molecular complexity index is 145. The topological polar surface area (TPSA) is 38.3 Å². The van der Waals surface area contributed by atoms with Gasteiger partial charge in [-0.3, -0.25) is 4.79 Å². The molecule has 1 fully saturated rings. The maximum Gasteiger partial charge on any atom is 0.246 e. The first kappa shape index (κ1) is 7.28. The van der Waals surface area contributed by atoms with E-state index in [1.807, 2.05) is 0 Å². The monoisotopic (exact) mass is 141 g/mol. The van der Waals surface area contributed by atoms with Crippen molar-refractivity contribution in [3.63, 3.8) is 0 Å². The Hall–Kier alpha value is -0.830. The van der Waals surface area contributed by atoms with Crippen LogP contribution in [-0.2, 0) is 9.53 Å². The summed E-state index contributed by atoms with van der Waals surface area (Å²) in [5.74, 6) is -0.0295. The predicted molar refractivity (Wildman–Crippen MR) is 37.6 cm³/mol. The van der Waals surface area contributed by atoms with Gasteiger partial charge in [0.05, 0.1) is 12.6 Å². The second-order valence-corrected chi connectivity index (χ2v) is 2.30. The van der Waals surface area contributed by atoms with Crippen LogP contribution in [0.3, 0.4) is 0 Å². The average molecular weight is 141 g/mol. The van der Waals surface area contributed by atoms with Crippen molar-refractivity contribution in [2.24, 2.45) is 0 Å². The molecule has 0 unspecified atom stereocenters. The van der Waals surface area contributed by atoms with Gasteiger partial charge in [-0.1, -0.05) is 6.08 Å². The summed E-state index contributed by atoms with van der Waals surface area (Å²) in [5.41, 5.74) is 0. The molecule has 0 spiro atoms. The van der Waals surface area contributed by atoms with Crippen LogP contribution in [0.2, 0.25) is 0 Å². The van der Waals surface area contributed by atoms with Crippen LogP contribution in [0, 0.1) is 0 Å². The number of rotatable bonds is 2. The van der Waals surface area contributed by atoms with Crippen molar-refractivity contribution in [1.82, 2.24) is 5.32 Å². The second kappa shape index (κ2) is 3.37. The first-order chi connectivity index (χ1) is 4.83. The number of morpholine rings is 1. The van der Waals surface area contributed by atoms with E-state index >= 15 is 0 Å². The van der Waals surface area contributed by atoms with Gasteiger partial charge >= 0.3 is 0 Å². The Morgan fingerprint density at radius 2 is 2.70 bits per heavy atom. The molecule has 0 aliphatic carbocycles. The molecule has 1 amide bonds. The molecular formula is C7H11NO2. The Balaban J connectivity index is 2.31. The van der Waals surface area contributed by atoms with Crippen LogP contribution in [0.15, 0.2) is 12.7 Å². The van der Waals surface area contributed by atoms with Gasteiger partial charge in [-0.15, -0.1) is 6.58 Å². The molecule has 0 aromatic rings. The molecule has 0 radical (unpaired) electrons. The number of carbonyl (C=O) groups excluding carboxylic acids is 1. The molecular weight excluding hydrogens is 130 g/mol. The minimum absolute atomic E-state index is 0.0295. The van der Waals surface area contributed by atoms with Gasteiger partial charge in [0.25, 0.3) is 0 Å². The zero-order valence-electron chi connectivity index (χ0n) is 5.80. The summed E-state index contributed by atoms with van der Waals surface area (Å²) in [6.07, 6.45) is 2.56. The van der Waals surface area contributed by atoms with Gasteiger partial charge < -0.3 is 10.1 Å². The highest BCUT2D eigenvalue weighted by Gasteiger charge is 2.16. The molecule has 0 aromatic carbocycles. The van der Waals surface area contributed by atoms with E-state index in [4.69, 9.17) is 4.74 Å². The number of carbonyl (C=O) groups is 1. The lowest BCUT2D eigenvalue weighted by Crippen LogP contribution is -2.45. The summed E-state index contributed by atoms with van der Waals surface area (Å²) in [4.78, 5) is 10.7. The van der Waals surface area contributed by atoms with Crippen molar-refractivity contribution >= 4 is 5.91 Å². The van der Waals surface area contributed by atoms with Crippen LogP contribution in [-0.4, -0.2) is 25.2 Å². The first-order valence-corrected chi connectivity index (χ1v) is 3.31. The first-order valence-electron chi connectivity index (χ1n) is 3.31. The molecule has 1 N–H and O–H groups in total. The third kappa shape index (κ3) is 1.84. The minimum atomic E-state index is -0.0295. The largest absolute Gasteiger partial charge is 0.370 e. The molecule has 3 heteroatoms. The summed E-state index contributed by atoms with van der Waals surface area (Å²) in [6.45, 7) is 4.38. The molecule has 10 heavy (non-hydrogen) atoms. The van der Waals surface area contributed by atoms with E-state index in [0.717, 1.165) is 6.42 Å². The minimum Gasteiger partial charge on any atom is -0.370 e. The van der Waals surface area contributed by atoms with Crippen molar-refractivity contribution in [1.29, 1.82) is 0 Å². The molecule has 1 heterocycles. The van der Waals surface area contributed by atoms with Crippen molar-refractivity contribution in [3.8, 4) is 0 Å². The van der Waals surface area contributed by atoms with Crippen LogP contribution >= 0.6 is 0 Å². The Morgan fingerprint density at radius 3 is 3.30 bits per heavy atom. The lowest BCUT2D eigenvalue weighted by Gasteiger charge is -2.21. The summed E-state index contributed by atoms with van der Waals surface area (Å²) >= 11 is 0. The number of ether oxygens (including phenoxy) is 1. The number of hydrogen-bond donors (Lipinski definition) is 1. The van der Waals surface area contributed by atoms with E-state index < -0.39 is 0 Å². The number of nitrogens with one attached hydrogen (secondary N) is 1. The summed E-state index contributed by atoms with van der Waals surface area (Å²) in [6, 6.07) is 0.138. The quantitative estimate of drug-likeness (QED) is 0.553. The van der Waals surface area contributed by atoms with Gasteiger partial charge in [-0.2, -0.15) is 0 Å². The van der Waals surface area contributed by atoms with E-state index in [9.17, 15) is 4.79 Å². The fraction of sp³-hybridized carbons (Fsp3) is 0.571. The molecule has 1 aliphatic rings. The fourth-order valence-electron chi connectivity index (χ4n) is 0.933. The average Bonchev–Trinajstić information content (AvgIpc) is 1.88. The van der Waals surface area contributed by atoms with Crippen molar-refractivity contribution in [2.45, 2.75) is 12.5 Å². The Kier molecular flexibility index (Phi) is 2.45. The maximum atomic E-state index is 10.7. The van der Waals surface area contributed by atoms with Crippen molar-refractivity contribution < 1.29 is 9.53 Å². The third-order valence-electron chi connectivity index (χ3n) is 1.37. The molecule has 56 valence electrons. The van der Waals surface area contributed by atoms with Gasteiger partial charge in [0.2, 0.25) is 5.91 Å². The highest BCUT2D eigenvalue weighted by atomic mass is 16.5. The van der Waals surface area contributed by atoms with Crippen LogP contribution < -0.4 is 5.32 Å². The lowest BCUT2D eigenvalue weighted by molar-refractivity contribution is -0.131. The maximum absolute atomic E-state index is 10.7. The van der Waals surface area contributed by atoms with E-state index in [0.29, 0.717) is 6.61 Å². The summed E-state index contributed by atoms with van der Waals surface area (Å²) in [5, 5.41) is 2.78. The molecule has 3 nitrogen and oxygen atoms in total. The molecule has 0 aromatic heterocycles. The lowest BCUT2D eigenvalue weighted by atomic mass is 10.2. The van der Waals surface area contributed by atoms with Crippen LogP contribution in [0.1, 0.15) is 6.42 Å². The van der Waals surface area contributed by atoms with Gasteiger partial charge in [-0.05, 0) is 6.42 Å². The zero-order chi connectivity index (χ0) is 7.40. The highest BCUT2D eigenvalue weighted by molar-refractivity contribution is 5.78. The molecule has 0 saturated carbocycles. The number of amides is 1. The van der Waals surface area contributed by atoms with Crippen LogP contribution in [0.4, 0.5) is 0 Å². The molecule has 0 bridgehead atoms. The van der Waals surface area contributed by atoms with Gasteiger partial charge in [-0.25, -0.2) is 0 Å². The van der Waals surface area contributed by atoms with E-state index in [1.165, 1.54) is 0 Å². The van der Waals surface area contributed by atoms with Crippen LogP contribution in [0.25, 0.3) is 0 Å². The Morgan fingerprint density at radius 1 is 1.90 bits per heavy atom. The van der Waals surface area contributed by atoms with E-state index in [2.05, 4.69) is 11.9 Å². The molecule has 1 aliphatic heterocycles. The fourth-order valence-corrected chi connectivity index (χ4v) is 0.933. The SMILES string of the molecule is C=CC[C@H]1COCC(=O)N1. The van der Waals surface area contributed by atoms with Crippen molar-refractivity contribution in [2.75, 3.05) is 13.2 Å². The zero-order valence-corrected chi connectivity index (χ0v) is 5.80. The van der Waals surface area contributed by atoms with Gasteiger partial charge in [0.1, 0.15) is 6.61 Å². The normalized spacial score (nSPS) is 25.6. The second-order valence-electron chi connectivity index (χ2n) is 2.30. The van der Waals surface area contributed by atoms with Gasteiger partial charge in [0.15, 0.2) is 0 Å². The summed E-state index contributed by atoms with van der Waals surface area (Å²) < 4.78 is 4.99. The van der Waals surface area contributed by atoms with E-state index in [-0.39, 0.29) is 18.6 Å². The molecule has 1 rings (SSSR count). The van der Waals surface area contributed by atoms with Crippen molar-refractivity contribution in [3.05, 3.63) is 12.7 Å². The van der Waals surface area contributed by atoms with Crippen LogP contribution in [0.5, 0.6) is 0 Å². The van der Waals surface area contributed by atoms with Gasteiger partial charge in [0, 0.05) is 0 Å². The molecule has 1 atom stereocenters. The standard InChI is InChI=1S/C7H11NO2/c1-2-3-6-4-10-5-7(9)8-6/h2,6H,1,3-5H2,(H,8,9)/t6-/m0/s1.